The normalized spacial score (nSPS) is 24.8. The molecular weight excluding hydrogens is 430 g/mol. The summed E-state index contributed by atoms with van der Waals surface area (Å²) >= 11 is 0. The Morgan fingerprint density at radius 1 is 0.914 bits per heavy atom. The zero-order valence-electron chi connectivity index (χ0n) is 21.3. The summed E-state index contributed by atoms with van der Waals surface area (Å²) in [5.41, 5.74) is 3.85. The number of H-pyrrole nitrogens is 1. The lowest BCUT2D eigenvalue weighted by molar-refractivity contribution is 0.112. The van der Waals surface area contributed by atoms with Crippen LogP contribution in [-0.4, -0.2) is 41.4 Å². The van der Waals surface area contributed by atoms with Crippen LogP contribution in [0.3, 0.4) is 0 Å². The van der Waals surface area contributed by atoms with E-state index in [1.165, 1.54) is 60.6 Å². The third-order valence-corrected chi connectivity index (χ3v) is 8.71. The number of para-hydroxylation sites is 1. The van der Waals surface area contributed by atoms with Crippen LogP contribution >= 0.6 is 0 Å². The van der Waals surface area contributed by atoms with Gasteiger partial charge in [0.2, 0.25) is 0 Å². The first-order valence-electron chi connectivity index (χ1n) is 13.9. The van der Waals surface area contributed by atoms with Gasteiger partial charge in [-0.05, 0) is 74.0 Å². The highest BCUT2D eigenvalue weighted by molar-refractivity contribution is 5.83. The van der Waals surface area contributed by atoms with Crippen LogP contribution in [0, 0.1) is 17.8 Å². The maximum Gasteiger partial charge on any atom is 0.0587 e. The highest BCUT2D eigenvalue weighted by Crippen LogP contribution is 2.43. The molecule has 4 nitrogen and oxygen atoms in total. The predicted octanol–water partition coefficient (Wildman–Crippen LogP) is 5.47. The van der Waals surface area contributed by atoms with E-state index in [1.54, 1.807) is 0 Å². The molecule has 4 N–H and O–H groups in total. The minimum Gasteiger partial charge on any atom is -0.395 e. The van der Waals surface area contributed by atoms with Crippen molar-refractivity contribution in [2.75, 3.05) is 13.2 Å². The van der Waals surface area contributed by atoms with Gasteiger partial charge in [0, 0.05) is 41.8 Å². The molecule has 5 rings (SSSR count). The molecule has 3 aromatic rings. The number of aromatic amines is 1. The van der Waals surface area contributed by atoms with Gasteiger partial charge in [-0.2, -0.15) is 0 Å². The van der Waals surface area contributed by atoms with Crippen molar-refractivity contribution in [3.05, 3.63) is 71.9 Å². The van der Waals surface area contributed by atoms with Crippen molar-refractivity contribution >= 4 is 10.9 Å². The van der Waals surface area contributed by atoms with E-state index in [9.17, 15) is 5.11 Å². The lowest BCUT2D eigenvalue weighted by atomic mass is 9.66. The summed E-state index contributed by atoms with van der Waals surface area (Å²) in [5.74, 6) is 2.68. The van der Waals surface area contributed by atoms with Crippen LogP contribution in [0.5, 0.6) is 0 Å². The fraction of sp³-hybridized carbons (Fsp3) is 0.548. The molecule has 35 heavy (non-hydrogen) atoms. The Bertz CT molecular complexity index is 1040. The Morgan fingerprint density at radius 2 is 1.66 bits per heavy atom. The Labute approximate surface area is 210 Å². The van der Waals surface area contributed by atoms with Crippen LogP contribution in [-0.2, 0) is 12.8 Å². The van der Waals surface area contributed by atoms with Gasteiger partial charge in [0.15, 0.2) is 0 Å². The first-order valence-corrected chi connectivity index (χ1v) is 13.9. The molecule has 0 spiro atoms. The second kappa shape index (κ2) is 11.7. The maximum atomic E-state index is 10.1. The number of aliphatic hydroxyl groups excluding tert-OH is 1. The number of hydrogen-bond acceptors (Lipinski definition) is 3. The summed E-state index contributed by atoms with van der Waals surface area (Å²) in [5, 5.41) is 19.2. The smallest absolute Gasteiger partial charge is 0.0587 e. The molecule has 2 aromatic carbocycles. The fourth-order valence-electron chi connectivity index (χ4n) is 6.86. The van der Waals surface area contributed by atoms with Crippen LogP contribution in [0.4, 0.5) is 0 Å². The van der Waals surface area contributed by atoms with Gasteiger partial charge in [-0.1, -0.05) is 67.8 Å². The van der Waals surface area contributed by atoms with Gasteiger partial charge < -0.3 is 20.7 Å². The van der Waals surface area contributed by atoms with Gasteiger partial charge in [-0.3, -0.25) is 0 Å². The number of aromatic nitrogens is 1. The topological polar surface area (TPSA) is 60.1 Å². The van der Waals surface area contributed by atoms with Crippen molar-refractivity contribution in [1.29, 1.82) is 0 Å². The SMILES string of the molecule is CC(NC(CNC(CO)Cc1ccccc1)Cc1c[nH]c2ccccc12)C1CC2CCCC(C2)C1. The van der Waals surface area contributed by atoms with E-state index in [2.05, 4.69) is 77.3 Å². The average molecular weight is 474 g/mol. The molecule has 2 saturated carbocycles. The molecule has 2 fully saturated rings. The number of fused-ring (bicyclic) bond motifs is 3. The lowest BCUT2D eigenvalue weighted by Crippen LogP contribution is -2.50. The van der Waals surface area contributed by atoms with E-state index in [-0.39, 0.29) is 12.6 Å². The maximum absolute atomic E-state index is 10.1. The molecule has 2 aliphatic carbocycles. The largest absolute Gasteiger partial charge is 0.395 e. The summed E-state index contributed by atoms with van der Waals surface area (Å²) in [7, 11) is 0. The number of aliphatic hydroxyl groups is 1. The zero-order valence-corrected chi connectivity index (χ0v) is 21.3. The van der Waals surface area contributed by atoms with Crippen molar-refractivity contribution in [1.82, 2.24) is 15.6 Å². The Hall–Kier alpha value is -2.14. The van der Waals surface area contributed by atoms with Gasteiger partial charge in [0.25, 0.3) is 0 Å². The van der Waals surface area contributed by atoms with E-state index < -0.39 is 0 Å². The number of hydrogen-bond donors (Lipinski definition) is 4. The van der Waals surface area contributed by atoms with Crippen molar-refractivity contribution in [2.45, 2.75) is 76.4 Å². The molecule has 5 unspecified atom stereocenters. The van der Waals surface area contributed by atoms with Crippen LogP contribution < -0.4 is 10.6 Å². The number of benzene rings is 2. The van der Waals surface area contributed by atoms with Gasteiger partial charge in [-0.25, -0.2) is 0 Å². The van der Waals surface area contributed by atoms with Crippen molar-refractivity contribution in [2.24, 2.45) is 17.8 Å². The molecule has 0 saturated heterocycles. The van der Waals surface area contributed by atoms with E-state index >= 15 is 0 Å². The first-order chi connectivity index (χ1) is 17.2. The van der Waals surface area contributed by atoms with Gasteiger partial charge >= 0.3 is 0 Å². The molecule has 0 amide bonds. The van der Waals surface area contributed by atoms with Crippen molar-refractivity contribution in [3.8, 4) is 0 Å². The summed E-state index contributed by atoms with van der Waals surface area (Å²) in [4.78, 5) is 3.46. The van der Waals surface area contributed by atoms with E-state index in [0.717, 1.165) is 37.1 Å². The molecule has 0 radical (unpaired) electrons. The Morgan fingerprint density at radius 3 is 2.43 bits per heavy atom. The van der Waals surface area contributed by atoms with E-state index in [0.29, 0.717) is 12.1 Å². The highest BCUT2D eigenvalue weighted by Gasteiger charge is 2.34. The second-order valence-electron chi connectivity index (χ2n) is 11.3. The van der Waals surface area contributed by atoms with Crippen LogP contribution in [0.1, 0.15) is 56.6 Å². The summed E-state index contributed by atoms with van der Waals surface area (Å²) in [6, 6.07) is 20.0. The van der Waals surface area contributed by atoms with E-state index in [1.807, 2.05) is 6.07 Å². The Balaban J connectivity index is 1.27. The highest BCUT2D eigenvalue weighted by atomic mass is 16.3. The molecule has 4 heteroatoms. The van der Waals surface area contributed by atoms with E-state index in [4.69, 9.17) is 0 Å². The van der Waals surface area contributed by atoms with Crippen LogP contribution in [0.25, 0.3) is 10.9 Å². The quantitative estimate of drug-likeness (QED) is 0.299. The minimum atomic E-state index is 0.0639. The molecule has 1 heterocycles. The standard InChI is InChI=1S/C31H43N3O/c1-22(26-15-24-10-7-11-25(14-24)16-26)34-28(18-27-19-33-31-13-6-5-12-30(27)31)20-32-29(21-35)17-23-8-3-2-4-9-23/h2-6,8-9,12-13,19,22,24-26,28-29,32-35H,7,10-11,14-18,20-21H2,1H3. The molecule has 5 atom stereocenters. The van der Waals surface area contributed by atoms with Gasteiger partial charge in [-0.15, -0.1) is 0 Å². The molecule has 2 bridgehead atoms. The molecule has 1 aromatic heterocycles. The minimum absolute atomic E-state index is 0.0639. The molecule has 0 aliphatic heterocycles. The summed E-state index contributed by atoms with van der Waals surface area (Å²) in [6.45, 7) is 3.42. The lowest BCUT2D eigenvalue weighted by Gasteiger charge is -2.42. The number of rotatable bonds is 11. The molecular formula is C31H43N3O. The van der Waals surface area contributed by atoms with Crippen molar-refractivity contribution < 1.29 is 5.11 Å². The second-order valence-corrected chi connectivity index (χ2v) is 11.3. The van der Waals surface area contributed by atoms with Gasteiger partial charge in [0.05, 0.1) is 6.61 Å². The zero-order chi connectivity index (χ0) is 24.0. The third kappa shape index (κ3) is 6.35. The first kappa shape index (κ1) is 24.5. The average Bonchev–Trinajstić information content (AvgIpc) is 3.29. The monoisotopic (exact) mass is 473 g/mol. The Kier molecular flexibility index (Phi) is 8.23. The fourth-order valence-corrected chi connectivity index (χ4v) is 6.86. The van der Waals surface area contributed by atoms with Crippen LogP contribution in [0.15, 0.2) is 60.8 Å². The third-order valence-electron chi connectivity index (χ3n) is 8.71. The molecule has 2 aliphatic rings. The summed E-state index contributed by atoms with van der Waals surface area (Å²) in [6.07, 6.45) is 12.6. The van der Waals surface area contributed by atoms with Gasteiger partial charge in [0.1, 0.15) is 0 Å². The van der Waals surface area contributed by atoms with Crippen molar-refractivity contribution in [3.63, 3.8) is 0 Å². The predicted molar refractivity (Wildman–Crippen MR) is 146 cm³/mol. The summed E-state index contributed by atoms with van der Waals surface area (Å²) < 4.78 is 0. The van der Waals surface area contributed by atoms with Crippen LogP contribution in [0.2, 0.25) is 0 Å². The molecule has 188 valence electrons. The number of nitrogens with one attached hydrogen (secondary N) is 3.